The van der Waals surface area contributed by atoms with Crippen molar-refractivity contribution in [2.24, 2.45) is 0 Å². The van der Waals surface area contributed by atoms with E-state index in [1.54, 1.807) is 36.4 Å². The van der Waals surface area contributed by atoms with Gasteiger partial charge in [-0.05, 0) is 35.7 Å². The first kappa shape index (κ1) is 18.3. The van der Waals surface area contributed by atoms with Gasteiger partial charge in [0.2, 0.25) is 0 Å². The molecule has 0 aliphatic heterocycles. The van der Waals surface area contributed by atoms with Crippen LogP contribution in [0.2, 0.25) is 0 Å². The molecule has 0 spiro atoms. The van der Waals surface area contributed by atoms with Gasteiger partial charge in [-0.3, -0.25) is 4.79 Å². The molecule has 4 aromatic rings. The molecule has 0 radical (unpaired) electrons. The van der Waals surface area contributed by atoms with Gasteiger partial charge in [-0.15, -0.1) is 0 Å². The lowest BCUT2D eigenvalue weighted by Gasteiger charge is -2.13. The number of benzene rings is 4. The van der Waals surface area contributed by atoms with Crippen LogP contribution in [-0.4, -0.2) is 11.9 Å². The van der Waals surface area contributed by atoms with Crippen LogP contribution in [0.1, 0.15) is 10.4 Å². The molecule has 29 heavy (non-hydrogen) atoms. The van der Waals surface area contributed by atoms with Crippen LogP contribution < -0.4 is 16.0 Å². The quantitative estimate of drug-likeness (QED) is 0.422. The summed E-state index contributed by atoms with van der Waals surface area (Å²) in [6, 6.07) is 29.2. The van der Waals surface area contributed by atoms with Crippen LogP contribution in [0, 0.1) is 0 Å². The Bertz CT molecular complexity index is 1170. The summed E-state index contributed by atoms with van der Waals surface area (Å²) >= 11 is 0. The maximum atomic E-state index is 12.7. The number of rotatable bonds is 4. The van der Waals surface area contributed by atoms with E-state index in [2.05, 4.69) is 16.0 Å². The highest BCUT2D eigenvalue weighted by Gasteiger charge is 2.14. The molecule has 3 amide bonds. The van der Waals surface area contributed by atoms with Gasteiger partial charge >= 0.3 is 6.03 Å². The average Bonchev–Trinajstić information content (AvgIpc) is 2.75. The zero-order chi connectivity index (χ0) is 20.1. The summed E-state index contributed by atoms with van der Waals surface area (Å²) in [4.78, 5) is 25.3. The Labute approximate surface area is 168 Å². The number of nitrogens with one attached hydrogen (secondary N) is 3. The molecule has 0 fully saturated rings. The van der Waals surface area contributed by atoms with E-state index in [0.29, 0.717) is 22.6 Å². The number of carbonyl (C=O) groups excluding carboxylic acids is 2. The third-order valence-corrected chi connectivity index (χ3v) is 4.49. The summed E-state index contributed by atoms with van der Waals surface area (Å²) in [6.07, 6.45) is 0. The molecule has 0 bridgehead atoms. The molecule has 0 aromatic heterocycles. The van der Waals surface area contributed by atoms with E-state index in [1.807, 2.05) is 60.7 Å². The maximum absolute atomic E-state index is 12.7. The second-order valence-electron chi connectivity index (χ2n) is 6.47. The van der Waals surface area contributed by atoms with Gasteiger partial charge in [0.15, 0.2) is 0 Å². The van der Waals surface area contributed by atoms with Crippen molar-refractivity contribution < 1.29 is 9.59 Å². The predicted octanol–water partition coefficient (Wildman–Crippen LogP) is 5.74. The smallest absolute Gasteiger partial charge is 0.322 e. The Kier molecular flexibility index (Phi) is 5.21. The Morgan fingerprint density at radius 2 is 1.17 bits per heavy atom. The van der Waals surface area contributed by atoms with E-state index in [0.717, 1.165) is 10.8 Å². The van der Waals surface area contributed by atoms with E-state index in [4.69, 9.17) is 0 Å². The van der Waals surface area contributed by atoms with Crippen molar-refractivity contribution >= 4 is 39.8 Å². The SMILES string of the molecule is O=C(Nc1ccccc1C(=O)Nc1ccccc1)Nc1cccc2ccccc12. The van der Waals surface area contributed by atoms with E-state index in [1.165, 1.54) is 0 Å². The number of anilines is 3. The molecule has 0 atom stereocenters. The van der Waals surface area contributed by atoms with Crippen molar-refractivity contribution in [2.75, 3.05) is 16.0 Å². The third kappa shape index (κ3) is 4.25. The van der Waals surface area contributed by atoms with Crippen LogP contribution in [0.5, 0.6) is 0 Å². The number of hydrogen-bond acceptors (Lipinski definition) is 2. The summed E-state index contributed by atoms with van der Waals surface area (Å²) in [5, 5.41) is 10.5. The topological polar surface area (TPSA) is 70.2 Å². The highest BCUT2D eigenvalue weighted by Crippen LogP contribution is 2.24. The standard InChI is InChI=1S/C24H19N3O2/c28-23(25-18-11-2-1-3-12-18)20-14-6-7-15-22(20)27-24(29)26-21-16-8-10-17-9-4-5-13-19(17)21/h1-16H,(H,25,28)(H2,26,27,29). The summed E-state index contributed by atoms with van der Waals surface area (Å²) in [5.41, 5.74) is 2.20. The fraction of sp³-hybridized carbons (Fsp3) is 0. The lowest BCUT2D eigenvalue weighted by atomic mass is 10.1. The molecule has 3 N–H and O–H groups in total. The second kappa shape index (κ2) is 8.27. The maximum Gasteiger partial charge on any atom is 0.323 e. The average molecular weight is 381 g/mol. The number of para-hydroxylation sites is 2. The minimum absolute atomic E-state index is 0.294. The number of amides is 3. The molecule has 5 nitrogen and oxygen atoms in total. The lowest BCUT2D eigenvalue weighted by Crippen LogP contribution is -2.22. The van der Waals surface area contributed by atoms with Gasteiger partial charge in [0.1, 0.15) is 0 Å². The zero-order valence-corrected chi connectivity index (χ0v) is 15.6. The van der Waals surface area contributed by atoms with Gasteiger partial charge in [0.25, 0.3) is 5.91 Å². The largest absolute Gasteiger partial charge is 0.323 e. The minimum atomic E-state index is -0.415. The van der Waals surface area contributed by atoms with E-state index in [-0.39, 0.29) is 5.91 Å². The molecule has 0 unspecified atom stereocenters. The van der Waals surface area contributed by atoms with Crippen molar-refractivity contribution in [3.63, 3.8) is 0 Å². The predicted molar refractivity (Wildman–Crippen MR) is 117 cm³/mol. The van der Waals surface area contributed by atoms with Crippen LogP contribution in [0.4, 0.5) is 21.9 Å². The molecule has 4 rings (SSSR count). The fourth-order valence-electron chi connectivity index (χ4n) is 3.12. The third-order valence-electron chi connectivity index (χ3n) is 4.49. The van der Waals surface area contributed by atoms with Gasteiger partial charge in [0, 0.05) is 11.1 Å². The molecular formula is C24H19N3O2. The highest BCUT2D eigenvalue weighted by atomic mass is 16.2. The molecule has 0 saturated carbocycles. The van der Waals surface area contributed by atoms with Crippen molar-refractivity contribution in [1.82, 2.24) is 0 Å². The van der Waals surface area contributed by atoms with Gasteiger partial charge in [-0.25, -0.2) is 4.79 Å². The van der Waals surface area contributed by atoms with Gasteiger partial charge in [-0.2, -0.15) is 0 Å². The first-order valence-corrected chi connectivity index (χ1v) is 9.22. The number of hydrogen-bond donors (Lipinski definition) is 3. The molecule has 0 aliphatic rings. The molecule has 4 aromatic carbocycles. The highest BCUT2D eigenvalue weighted by molar-refractivity contribution is 6.12. The molecule has 0 aliphatic carbocycles. The van der Waals surface area contributed by atoms with Crippen molar-refractivity contribution in [3.05, 3.63) is 103 Å². The number of urea groups is 1. The first-order chi connectivity index (χ1) is 14.2. The monoisotopic (exact) mass is 381 g/mol. The summed E-state index contributed by atoms with van der Waals surface area (Å²) in [5.74, 6) is -0.294. The Hall–Kier alpha value is -4.12. The van der Waals surface area contributed by atoms with Crippen molar-refractivity contribution in [1.29, 1.82) is 0 Å². The van der Waals surface area contributed by atoms with Crippen LogP contribution in [0.25, 0.3) is 10.8 Å². The molecule has 5 heteroatoms. The van der Waals surface area contributed by atoms with Crippen molar-refractivity contribution in [2.45, 2.75) is 0 Å². The summed E-state index contributed by atoms with van der Waals surface area (Å²) in [6.45, 7) is 0. The second-order valence-corrected chi connectivity index (χ2v) is 6.47. The first-order valence-electron chi connectivity index (χ1n) is 9.22. The number of carbonyl (C=O) groups is 2. The van der Waals surface area contributed by atoms with Gasteiger partial charge in [0.05, 0.1) is 16.9 Å². The molecule has 142 valence electrons. The van der Waals surface area contributed by atoms with Gasteiger partial charge < -0.3 is 16.0 Å². The normalized spacial score (nSPS) is 10.3. The Morgan fingerprint density at radius 3 is 2.03 bits per heavy atom. The molecular weight excluding hydrogens is 362 g/mol. The van der Waals surface area contributed by atoms with Crippen LogP contribution >= 0.6 is 0 Å². The molecule has 0 saturated heterocycles. The molecule has 0 heterocycles. The zero-order valence-electron chi connectivity index (χ0n) is 15.6. The van der Waals surface area contributed by atoms with Gasteiger partial charge in [-0.1, -0.05) is 66.7 Å². The fourth-order valence-corrected chi connectivity index (χ4v) is 3.12. The van der Waals surface area contributed by atoms with Crippen LogP contribution in [0.3, 0.4) is 0 Å². The van der Waals surface area contributed by atoms with Crippen LogP contribution in [0.15, 0.2) is 97.1 Å². The minimum Gasteiger partial charge on any atom is -0.322 e. The lowest BCUT2D eigenvalue weighted by molar-refractivity contribution is 0.102. The summed E-state index contributed by atoms with van der Waals surface area (Å²) in [7, 11) is 0. The Morgan fingerprint density at radius 1 is 0.552 bits per heavy atom. The summed E-state index contributed by atoms with van der Waals surface area (Å²) < 4.78 is 0. The van der Waals surface area contributed by atoms with E-state index in [9.17, 15) is 9.59 Å². The van der Waals surface area contributed by atoms with Crippen LogP contribution in [-0.2, 0) is 0 Å². The number of fused-ring (bicyclic) bond motifs is 1. The van der Waals surface area contributed by atoms with E-state index < -0.39 is 6.03 Å². The van der Waals surface area contributed by atoms with Crippen molar-refractivity contribution in [3.8, 4) is 0 Å². The van der Waals surface area contributed by atoms with E-state index >= 15 is 0 Å². The Balaban J connectivity index is 1.52.